The lowest BCUT2D eigenvalue weighted by Gasteiger charge is -2.29. The van der Waals surface area contributed by atoms with Gasteiger partial charge in [0.05, 0.1) is 15.2 Å². The van der Waals surface area contributed by atoms with Crippen LogP contribution in [0.1, 0.15) is 50.0 Å². The molecule has 140 valence electrons. The molecule has 2 aromatic rings. The van der Waals surface area contributed by atoms with Crippen LogP contribution in [0, 0.1) is 0 Å². The average Bonchev–Trinajstić information content (AvgIpc) is 3.09. The zero-order valence-corrected chi connectivity index (χ0v) is 15.7. The third-order valence-corrected chi connectivity index (χ3v) is 6.00. The molecule has 1 aromatic carbocycles. The van der Waals surface area contributed by atoms with Crippen LogP contribution in [0.3, 0.4) is 0 Å². The van der Waals surface area contributed by atoms with Crippen molar-refractivity contribution in [2.75, 3.05) is 13.2 Å². The first kappa shape index (κ1) is 18.8. The third kappa shape index (κ3) is 4.40. The number of rotatable bonds is 6. The Bertz CT molecular complexity index is 750. The average molecular weight is 376 g/mol. The highest BCUT2D eigenvalue weighted by Gasteiger charge is 2.38. The first-order valence-electron chi connectivity index (χ1n) is 9.00. The number of ether oxygens (including phenoxy) is 1. The van der Waals surface area contributed by atoms with Gasteiger partial charge in [-0.3, -0.25) is 4.79 Å². The van der Waals surface area contributed by atoms with Crippen LogP contribution in [0.5, 0.6) is 0 Å². The van der Waals surface area contributed by atoms with Gasteiger partial charge in [-0.25, -0.2) is 9.78 Å². The maximum atomic E-state index is 12.0. The second-order valence-electron chi connectivity index (χ2n) is 6.89. The Morgan fingerprint density at radius 2 is 2.04 bits per heavy atom. The van der Waals surface area contributed by atoms with Crippen molar-refractivity contribution in [2.24, 2.45) is 0 Å². The molecule has 1 aliphatic carbocycles. The van der Waals surface area contributed by atoms with Crippen molar-refractivity contribution in [1.29, 1.82) is 0 Å². The largest absolute Gasteiger partial charge is 0.453 e. The lowest BCUT2D eigenvalue weighted by Crippen LogP contribution is -2.43. The van der Waals surface area contributed by atoms with Crippen molar-refractivity contribution in [3.05, 3.63) is 29.3 Å². The zero-order valence-electron chi connectivity index (χ0n) is 14.9. The van der Waals surface area contributed by atoms with E-state index in [9.17, 15) is 14.7 Å². The Balaban J connectivity index is 1.45. The molecule has 0 aliphatic heterocycles. The molecule has 1 aliphatic rings. The van der Waals surface area contributed by atoms with Gasteiger partial charge in [-0.2, -0.15) is 0 Å². The molecule has 0 spiro atoms. The predicted octanol–water partition coefficient (Wildman–Crippen LogP) is 2.75. The Labute approximate surface area is 156 Å². The van der Waals surface area contributed by atoms with Crippen molar-refractivity contribution in [2.45, 2.75) is 50.5 Å². The van der Waals surface area contributed by atoms with Gasteiger partial charge in [-0.1, -0.05) is 25.5 Å². The van der Waals surface area contributed by atoms with E-state index in [0.29, 0.717) is 19.4 Å². The van der Waals surface area contributed by atoms with Crippen molar-refractivity contribution >= 4 is 33.4 Å². The number of aromatic nitrogens is 1. The fraction of sp³-hybridized carbons (Fsp3) is 0.526. The molecule has 7 heteroatoms. The predicted molar refractivity (Wildman–Crippen MR) is 100 cm³/mol. The summed E-state index contributed by atoms with van der Waals surface area (Å²) < 4.78 is 6.14. The highest BCUT2D eigenvalue weighted by atomic mass is 32.1. The Hall–Kier alpha value is -1.99. The fourth-order valence-corrected chi connectivity index (χ4v) is 4.13. The summed E-state index contributed by atoms with van der Waals surface area (Å²) in [4.78, 5) is 28.6. The van der Waals surface area contributed by atoms with Gasteiger partial charge >= 0.3 is 5.97 Å². The number of nitrogens with zero attached hydrogens (tertiary/aromatic N) is 1. The molecular formula is C19H24N2O4S. The minimum absolute atomic E-state index is 0.0644. The first-order valence-corrected chi connectivity index (χ1v) is 9.81. The number of benzene rings is 1. The lowest BCUT2D eigenvalue weighted by molar-refractivity contribution is -0.170. The number of esters is 1. The van der Waals surface area contributed by atoms with Gasteiger partial charge in [0, 0.05) is 12.5 Å². The normalized spacial score (nSPS) is 17.6. The topological polar surface area (TPSA) is 88.5 Å². The van der Waals surface area contributed by atoms with Gasteiger partial charge in [-0.15, -0.1) is 11.3 Å². The van der Waals surface area contributed by atoms with E-state index in [4.69, 9.17) is 4.74 Å². The molecule has 1 fully saturated rings. The number of amides is 1. The van der Waals surface area contributed by atoms with Crippen LogP contribution in [-0.2, 0) is 14.3 Å². The van der Waals surface area contributed by atoms with Crippen molar-refractivity contribution in [1.82, 2.24) is 10.3 Å². The number of carbonyl (C=O) groups is 2. The van der Waals surface area contributed by atoms with Crippen LogP contribution >= 0.6 is 11.3 Å². The number of nitrogens with one attached hydrogen (secondary N) is 1. The second-order valence-corrected chi connectivity index (χ2v) is 7.96. The molecule has 1 heterocycles. The molecule has 26 heavy (non-hydrogen) atoms. The van der Waals surface area contributed by atoms with E-state index in [1.54, 1.807) is 11.3 Å². The molecule has 3 rings (SSSR count). The summed E-state index contributed by atoms with van der Waals surface area (Å²) in [6.07, 6.45) is 3.43. The van der Waals surface area contributed by atoms with Crippen LogP contribution in [0.2, 0.25) is 0 Å². The van der Waals surface area contributed by atoms with Crippen molar-refractivity contribution < 1.29 is 19.4 Å². The van der Waals surface area contributed by atoms with Gasteiger partial charge in [0.2, 0.25) is 0 Å². The van der Waals surface area contributed by atoms with Gasteiger partial charge < -0.3 is 15.2 Å². The van der Waals surface area contributed by atoms with E-state index in [1.807, 2.05) is 31.2 Å². The number of fused-ring (bicyclic) bond motifs is 1. The molecule has 1 atom stereocenters. The summed E-state index contributed by atoms with van der Waals surface area (Å²) in [7, 11) is 0. The number of hydrogen-bond acceptors (Lipinski definition) is 6. The van der Waals surface area contributed by atoms with Crippen LogP contribution in [0.4, 0.5) is 0 Å². The summed E-state index contributed by atoms with van der Waals surface area (Å²) >= 11 is 1.61. The van der Waals surface area contributed by atoms with Gasteiger partial charge in [0.25, 0.3) is 5.91 Å². The van der Waals surface area contributed by atoms with Crippen LogP contribution in [0.25, 0.3) is 10.2 Å². The van der Waals surface area contributed by atoms with Crippen LogP contribution in [0.15, 0.2) is 24.3 Å². The van der Waals surface area contributed by atoms with E-state index in [2.05, 4.69) is 10.3 Å². The second kappa shape index (κ2) is 8.14. The standard InChI is InChI=1S/C19H24N2O4S/c1-13(17-21-14-7-3-4-8-15(14)26-17)11-20-16(22)12-25-18(23)19(24)9-5-2-6-10-19/h3-4,7-8,13,24H,2,5-6,9-12H2,1H3,(H,20,22). The van der Waals surface area contributed by atoms with Crippen molar-refractivity contribution in [3.63, 3.8) is 0 Å². The van der Waals surface area contributed by atoms with E-state index in [1.165, 1.54) is 0 Å². The summed E-state index contributed by atoms with van der Waals surface area (Å²) in [5.41, 5.74) is -0.465. The fourth-order valence-electron chi connectivity index (χ4n) is 3.11. The number of thiazole rings is 1. The number of aliphatic hydroxyl groups is 1. The molecule has 0 bridgehead atoms. The molecular weight excluding hydrogens is 352 g/mol. The summed E-state index contributed by atoms with van der Waals surface area (Å²) in [5.74, 6) is -0.994. The zero-order chi connectivity index (χ0) is 18.6. The molecule has 1 aromatic heterocycles. The highest BCUT2D eigenvalue weighted by Crippen LogP contribution is 2.29. The van der Waals surface area contributed by atoms with E-state index in [-0.39, 0.29) is 18.4 Å². The van der Waals surface area contributed by atoms with Crippen LogP contribution in [-0.4, -0.2) is 40.7 Å². The molecule has 1 amide bonds. The smallest absolute Gasteiger partial charge is 0.338 e. The Morgan fingerprint density at radius 3 is 2.77 bits per heavy atom. The van der Waals surface area contributed by atoms with E-state index >= 15 is 0 Å². The monoisotopic (exact) mass is 376 g/mol. The molecule has 0 radical (unpaired) electrons. The SMILES string of the molecule is CC(CNC(=O)COC(=O)C1(O)CCCCC1)c1nc2ccccc2s1. The maximum Gasteiger partial charge on any atom is 0.338 e. The molecule has 2 N–H and O–H groups in total. The minimum atomic E-state index is -1.42. The summed E-state index contributed by atoms with van der Waals surface area (Å²) in [6, 6.07) is 7.92. The minimum Gasteiger partial charge on any atom is -0.453 e. The molecule has 0 saturated heterocycles. The van der Waals surface area contributed by atoms with Gasteiger partial charge in [0.1, 0.15) is 0 Å². The quantitative estimate of drug-likeness (QED) is 0.757. The highest BCUT2D eigenvalue weighted by molar-refractivity contribution is 7.18. The Morgan fingerprint density at radius 1 is 1.31 bits per heavy atom. The van der Waals surface area contributed by atoms with Crippen molar-refractivity contribution in [3.8, 4) is 0 Å². The third-order valence-electron chi connectivity index (χ3n) is 4.73. The van der Waals surface area contributed by atoms with Gasteiger partial charge in [0.15, 0.2) is 12.2 Å². The number of para-hydroxylation sites is 1. The molecule has 1 unspecified atom stereocenters. The van der Waals surface area contributed by atoms with E-state index < -0.39 is 11.6 Å². The van der Waals surface area contributed by atoms with Gasteiger partial charge in [-0.05, 0) is 37.8 Å². The molecule has 6 nitrogen and oxygen atoms in total. The summed E-state index contributed by atoms with van der Waals surface area (Å²) in [6.45, 7) is 2.04. The first-order chi connectivity index (χ1) is 12.5. The number of carbonyl (C=O) groups excluding carboxylic acids is 2. The summed E-state index contributed by atoms with van der Waals surface area (Å²) in [5, 5.41) is 14.0. The Kier molecular flexibility index (Phi) is 5.88. The lowest BCUT2D eigenvalue weighted by atomic mass is 9.85. The van der Waals surface area contributed by atoms with E-state index in [0.717, 1.165) is 34.5 Å². The maximum absolute atomic E-state index is 12.0. The molecule has 1 saturated carbocycles. The van der Waals surface area contributed by atoms with Crippen LogP contribution < -0.4 is 5.32 Å². The number of hydrogen-bond donors (Lipinski definition) is 2.